The van der Waals surface area contributed by atoms with Gasteiger partial charge in [0.15, 0.2) is 0 Å². The summed E-state index contributed by atoms with van der Waals surface area (Å²) in [5.74, 6) is 0. The number of rotatable bonds is 7. The number of anilines is 1. The molecule has 9 heteroatoms. The van der Waals surface area contributed by atoms with E-state index >= 15 is 0 Å². The minimum atomic E-state index is -0.116. The van der Waals surface area contributed by atoms with Crippen LogP contribution in [-0.2, 0) is 4.74 Å². The molecule has 0 aromatic heterocycles. The minimum absolute atomic E-state index is 0.116. The van der Waals surface area contributed by atoms with E-state index in [0.29, 0.717) is 28.8 Å². The fraction of sp³-hybridized carbons (Fsp3) is 0.565. The second-order valence-electron chi connectivity index (χ2n) is 8.10. The van der Waals surface area contributed by atoms with Crippen LogP contribution < -0.4 is 5.32 Å². The second kappa shape index (κ2) is 12.6. The number of allylic oxidation sites excluding steroid dienone is 1. The Bertz CT molecular complexity index is 825. The molecular weight excluding hydrogens is 449 g/mol. The van der Waals surface area contributed by atoms with E-state index < -0.39 is 0 Å². The number of urea groups is 1. The molecule has 2 fully saturated rings. The molecule has 2 amide bonds. The van der Waals surface area contributed by atoms with Crippen molar-refractivity contribution >= 4 is 40.6 Å². The van der Waals surface area contributed by atoms with Gasteiger partial charge in [0.1, 0.15) is 0 Å². The summed E-state index contributed by atoms with van der Waals surface area (Å²) in [6, 6.07) is 4.98. The Labute approximate surface area is 201 Å². The molecule has 0 unspecified atom stereocenters. The van der Waals surface area contributed by atoms with Crippen molar-refractivity contribution in [1.29, 1.82) is 0 Å². The predicted molar refractivity (Wildman–Crippen MR) is 132 cm³/mol. The van der Waals surface area contributed by atoms with Gasteiger partial charge in [-0.1, -0.05) is 36.2 Å². The highest BCUT2D eigenvalue weighted by molar-refractivity contribution is 6.42. The maximum atomic E-state index is 12.6. The van der Waals surface area contributed by atoms with Gasteiger partial charge < -0.3 is 15.0 Å². The minimum Gasteiger partial charge on any atom is -0.374 e. The fourth-order valence-corrected chi connectivity index (χ4v) is 4.21. The number of nitrogens with one attached hydrogen (secondary N) is 1. The Hall–Kier alpha value is -1.64. The number of hydrogen-bond donors (Lipinski definition) is 1. The topological polar surface area (TPSA) is 60.4 Å². The maximum Gasteiger partial charge on any atom is 0.321 e. The zero-order chi connectivity index (χ0) is 22.9. The Morgan fingerprint density at radius 2 is 1.97 bits per heavy atom. The third-order valence-corrected chi connectivity index (χ3v) is 6.47. The zero-order valence-electron chi connectivity index (χ0n) is 18.9. The number of amides is 2. The Balaban J connectivity index is 1.42. The molecule has 2 aliphatic heterocycles. The van der Waals surface area contributed by atoms with E-state index in [4.69, 9.17) is 27.9 Å². The molecule has 1 N–H and O–H groups in total. The van der Waals surface area contributed by atoms with Crippen molar-refractivity contribution in [3.8, 4) is 0 Å². The molecule has 0 radical (unpaired) electrons. The van der Waals surface area contributed by atoms with Crippen LogP contribution in [0.2, 0.25) is 10.0 Å². The predicted octanol–water partition coefficient (Wildman–Crippen LogP) is 3.88. The third-order valence-electron chi connectivity index (χ3n) is 5.73. The lowest BCUT2D eigenvalue weighted by Gasteiger charge is -2.39. The average Bonchev–Trinajstić information content (AvgIpc) is 2.80. The van der Waals surface area contributed by atoms with E-state index in [1.165, 1.54) is 0 Å². The summed E-state index contributed by atoms with van der Waals surface area (Å²) in [6.07, 6.45) is 5.46. The number of ether oxygens (including phenoxy) is 1. The van der Waals surface area contributed by atoms with Crippen LogP contribution in [0.3, 0.4) is 0 Å². The number of carbonyl (C=O) groups is 1. The summed E-state index contributed by atoms with van der Waals surface area (Å²) in [5, 5.41) is 3.79. The number of nitrogens with zero attached hydrogens (tertiary/aromatic N) is 4. The van der Waals surface area contributed by atoms with Crippen molar-refractivity contribution in [2.75, 3.05) is 71.3 Å². The normalized spacial score (nSPS) is 21.3. The van der Waals surface area contributed by atoms with Crippen LogP contribution in [0.5, 0.6) is 0 Å². The summed E-state index contributed by atoms with van der Waals surface area (Å²) < 4.78 is 6.02. The highest BCUT2D eigenvalue weighted by Crippen LogP contribution is 2.25. The molecule has 0 spiro atoms. The lowest BCUT2D eigenvalue weighted by atomic mass is 10.2. The van der Waals surface area contributed by atoms with Crippen molar-refractivity contribution in [3.63, 3.8) is 0 Å². The molecule has 0 bridgehead atoms. The first kappa shape index (κ1) is 25.0. The van der Waals surface area contributed by atoms with E-state index in [9.17, 15) is 4.79 Å². The molecule has 0 aliphatic carbocycles. The molecule has 2 aliphatic rings. The number of piperazine rings is 1. The van der Waals surface area contributed by atoms with Crippen molar-refractivity contribution in [1.82, 2.24) is 14.7 Å². The van der Waals surface area contributed by atoms with Crippen LogP contribution in [0.1, 0.15) is 13.3 Å². The van der Waals surface area contributed by atoms with Gasteiger partial charge >= 0.3 is 6.03 Å². The number of hydrogen-bond acceptors (Lipinski definition) is 5. The summed E-state index contributed by atoms with van der Waals surface area (Å²) in [6.45, 7) is 9.45. The van der Waals surface area contributed by atoms with E-state index in [1.54, 1.807) is 18.2 Å². The van der Waals surface area contributed by atoms with Gasteiger partial charge in [0.25, 0.3) is 0 Å². The molecule has 2 saturated heterocycles. The third kappa shape index (κ3) is 7.46. The molecule has 2 heterocycles. The van der Waals surface area contributed by atoms with Crippen molar-refractivity contribution < 1.29 is 9.53 Å². The Morgan fingerprint density at radius 3 is 2.66 bits per heavy atom. The molecule has 1 aromatic carbocycles. The molecular formula is C23H33Cl2N5O2. The van der Waals surface area contributed by atoms with E-state index in [1.807, 2.05) is 11.9 Å². The van der Waals surface area contributed by atoms with Gasteiger partial charge in [-0.05, 0) is 30.7 Å². The molecule has 0 saturated carbocycles. The van der Waals surface area contributed by atoms with Crippen LogP contribution in [0.4, 0.5) is 10.5 Å². The molecule has 176 valence electrons. The lowest BCUT2D eigenvalue weighted by Crippen LogP contribution is -2.54. The highest BCUT2D eigenvalue weighted by atomic mass is 35.5. The van der Waals surface area contributed by atoms with Gasteiger partial charge in [-0.2, -0.15) is 0 Å². The molecule has 1 aromatic rings. The van der Waals surface area contributed by atoms with Crippen molar-refractivity contribution in [2.24, 2.45) is 4.99 Å². The summed E-state index contributed by atoms with van der Waals surface area (Å²) in [7, 11) is 1.85. The average molecular weight is 482 g/mol. The Kier molecular flexibility index (Phi) is 9.81. The fourth-order valence-electron chi connectivity index (χ4n) is 3.91. The molecule has 32 heavy (non-hydrogen) atoms. The zero-order valence-corrected chi connectivity index (χ0v) is 20.4. The quantitative estimate of drug-likeness (QED) is 0.600. The van der Waals surface area contributed by atoms with E-state index in [2.05, 4.69) is 39.2 Å². The van der Waals surface area contributed by atoms with Gasteiger partial charge in [-0.15, -0.1) is 0 Å². The smallest absolute Gasteiger partial charge is 0.321 e. The number of morpholine rings is 1. The number of aliphatic imine (C=N–C) groups is 1. The molecule has 3 rings (SSSR count). The van der Waals surface area contributed by atoms with Crippen LogP contribution in [0.15, 0.2) is 35.3 Å². The van der Waals surface area contributed by atoms with E-state index in [0.717, 1.165) is 58.0 Å². The van der Waals surface area contributed by atoms with Crippen molar-refractivity contribution in [2.45, 2.75) is 19.4 Å². The first-order valence-corrected chi connectivity index (χ1v) is 11.9. The van der Waals surface area contributed by atoms with Crippen molar-refractivity contribution in [3.05, 3.63) is 40.4 Å². The second-order valence-corrected chi connectivity index (χ2v) is 8.91. The van der Waals surface area contributed by atoms with Crippen LogP contribution >= 0.6 is 23.2 Å². The standard InChI is InChI=1S/C23H33Cl2N5O2/c1-3-4-5-19(26-2)15-29-12-13-32-20(17-29)16-28-8-10-30(11-9-28)23(31)27-18-6-7-21(24)22(25)14-18/h4-7,14,20H,3,8-13,15-17H2,1-2H3,(H,27,31)/b5-4-,26-19?/t20-/m0/s1. The summed E-state index contributed by atoms with van der Waals surface area (Å²) in [4.78, 5) is 23.6. The Morgan fingerprint density at radius 1 is 1.19 bits per heavy atom. The van der Waals surface area contributed by atoms with Crippen LogP contribution in [0, 0.1) is 0 Å². The van der Waals surface area contributed by atoms with Gasteiger partial charge in [-0.3, -0.25) is 14.8 Å². The SMILES string of the molecule is CC/C=C\C(CN1CCO[C@@H](CN2CCN(C(=O)Nc3ccc(Cl)c(Cl)c3)CC2)C1)=NC. The lowest BCUT2D eigenvalue weighted by molar-refractivity contribution is -0.0424. The van der Waals surface area contributed by atoms with Gasteiger partial charge in [0.2, 0.25) is 0 Å². The maximum absolute atomic E-state index is 12.6. The largest absolute Gasteiger partial charge is 0.374 e. The number of halogens is 2. The highest BCUT2D eigenvalue weighted by Gasteiger charge is 2.26. The van der Waals surface area contributed by atoms with Gasteiger partial charge in [0, 0.05) is 70.8 Å². The monoisotopic (exact) mass is 481 g/mol. The summed E-state index contributed by atoms with van der Waals surface area (Å²) >= 11 is 12.0. The molecule has 1 atom stereocenters. The van der Waals surface area contributed by atoms with E-state index in [-0.39, 0.29) is 12.1 Å². The summed E-state index contributed by atoms with van der Waals surface area (Å²) in [5.41, 5.74) is 1.75. The van der Waals surface area contributed by atoms with Gasteiger partial charge in [-0.25, -0.2) is 4.79 Å². The molecule has 7 nitrogen and oxygen atoms in total. The van der Waals surface area contributed by atoms with Gasteiger partial charge in [0.05, 0.1) is 22.8 Å². The number of benzene rings is 1. The first-order chi connectivity index (χ1) is 15.5. The first-order valence-electron chi connectivity index (χ1n) is 11.2. The van der Waals surface area contributed by atoms with Crippen LogP contribution in [0.25, 0.3) is 0 Å². The number of carbonyl (C=O) groups excluding carboxylic acids is 1. The van der Waals surface area contributed by atoms with Crippen LogP contribution in [-0.4, -0.2) is 98.6 Å².